The molecule has 4 rings (SSSR count). The summed E-state index contributed by atoms with van der Waals surface area (Å²) in [5, 5.41) is 8.59. The van der Waals surface area contributed by atoms with Crippen molar-refractivity contribution in [2.24, 2.45) is 5.92 Å². The predicted octanol–water partition coefficient (Wildman–Crippen LogP) is -0.193. The highest BCUT2D eigenvalue weighted by Gasteiger charge is 2.45. The number of allylic oxidation sites excluding steroid dienone is 1. The maximum absolute atomic E-state index is 12.7. The normalized spacial score (nSPS) is 21.8. The second-order valence-electron chi connectivity index (χ2n) is 6.08. The summed E-state index contributed by atoms with van der Waals surface area (Å²) in [5.41, 5.74) is 1.25. The lowest BCUT2D eigenvalue weighted by Gasteiger charge is -2.26. The Morgan fingerprint density at radius 3 is 3.15 bits per heavy atom. The van der Waals surface area contributed by atoms with Crippen LogP contribution in [0.4, 0.5) is 0 Å². The third kappa shape index (κ3) is 2.93. The van der Waals surface area contributed by atoms with E-state index in [4.69, 9.17) is 4.74 Å². The Labute approximate surface area is 149 Å². The number of hydrogen-bond acceptors (Lipinski definition) is 6. The van der Waals surface area contributed by atoms with Crippen LogP contribution in [0.15, 0.2) is 48.4 Å². The van der Waals surface area contributed by atoms with E-state index in [0.717, 1.165) is 5.56 Å². The lowest BCUT2D eigenvalue weighted by molar-refractivity contribution is -0.131. The second-order valence-corrected chi connectivity index (χ2v) is 6.08. The maximum Gasteiger partial charge on any atom is 0.251 e. The summed E-state index contributed by atoms with van der Waals surface area (Å²) in [6, 6.07) is 3.69. The Kier molecular flexibility index (Phi) is 4.13. The molecule has 2 unspecified atom stereocenters. The number of pyridine rings is 1. The molecule has 0 aromatic carbocycles. The summed E-state index contributed by atoms with van der Waals surface area (Å²) in [4.78, 5) is 33.1. The zero-order chi connectivity index (χ0) is 18.1. The quantitative estimate of drug-likeness (QED) is 0.702. The van der Waals surface area contributed by atoms with Crippen LogP contribution < -0.4 is 16.0 Å². The lowest BCUT2D eigenvalue weighted by Crippen LogP contribution is -2.55. The number of imidazole rings is 1. The molecule has 4 heterocycles. The van der Waals surface area contributed by atoms with Crippen molar-refractivity contribution in [2.75, 3.05) is 6.67 Å². The highest BCUT2D eigenvalue weighted by Crippen LogP contribution is 2.31. The number of nitrogens with zero attached hydrogens (tertiary/aromatic N) is 3. The first-order chi connectivity index (χ1) is 12.6. The molecule has 0 bridgehead atoms. The van der Waals surface area contributed by atoms with Crippen LogP contribution in [-0.4, -0.2) is 39.2 Å². The van der Waals surface area contributed by atoms with Crippen molar-refractivity contribution in [1.29, 1.82) is 0 Å². The van der Waals surface area contributed by atoms with Crippen LogP contribution in [0.2, 0.25) is 0 Å². The van der Waals surface area contributed by atoms with Crippen molar-refractivity contribution in [3.05, 3.63) is 53.9 Å². The van der Waals surface area contributed by atoms with Gasteiger partial charge < -0.3 is 15.4 Å². The topological polar surface area (TPSA) is 110 Å². The molecule has 2 amide bonds. The Balaban J connectivity index is 1.47. The van der Waals surface area contributed by atoms with Crippen LogP contribution in [0, 0.1) is 5.92 Å². The molecule has 1 saturated heterocycles. The maximum atomic E-state index is 12.7. The van der Waals surface area contributed by atoms with Gasteiger partial charge in [-0.3, -0.25) is 19.5 Å². The first-order valence-corrected chi connectivity index (χ1v) is 8.23. The zero-order valence-corrected chi connectivity index (χ0v) is 14.1. The minimum atomic E-state index is -0.636. The number of ether oxygens (including phenoxy) is 1. The Bertz CT molecular complexity index is 876. The van der Waals surface area contributed by atoms with Gasteiger partial charge in [-0.1, -0.05) is 0 Å². The number of nitrogens with one attached hydrogen (secondary N) is 3. The van der Waals surface area contributed by atoms with Crippen LogP contribution in [0.5, 0.6) is 0 Å². The summed E-state index contributed by atoms with van der Waals surface area (Å²) >= 11 is 0. The average Bonchev–Trinajstić information content (AvgIpc) is 3.28. The van der Waals surface area contributed by atoms with Gasteiger partial charge in [-0.25, -0.2) is 9.97 Å². The van der Waals surface area contributed by atoms with Gasteiger partial charge in [-0.05, 0) is 24.6 Å². The van der Waals surface area contributed by atoms with Gasteiger partial charge >= 0.3 is 0 Å². The fourth-order valence-corrected chi connectivity index (χ4v) is 3.15. The number of carbonyl (C=O) groups excluding carboxylic acids is 2. The first-order valence-electron chi connectivity index (χ1n) is 8.23. The number of fused-ring (bicyclic) bond motifs is 1. The predicted molar refractivity (Wildman–Crippen MR) is 90.4 cm³/mol. The number of carbonyl (C=O) groups is 2. The summed E-state index contributed by atoms with van der Waals surface area (Å²) in [5.74, 6) is 0.0280. The van der Waals surface area contributed by atoms with E-state index in [1.807, 2.05) is 12.1 Å². The molecule has 0 saturated carbocycles. The van der Waals surface area contributed by atoms with E-state index in [0.29, 0.717) is 30.4 Å². The Morgan fingerprint density at radius 1 is 1.46 bits per heavy atom. The molecule has 0 radical (unpaired) electrons. The molecule has 0 aliphatic carbocycles. The molecule has 3 N–H and O–H groups in total. The van der Waals surface area contributed by atoms with E-state index in [1.165, 1.54) is 0 Å². The van der Waals surface area contributed by atoms with Gasteiger partial charge in [-0.15, -0.1) is 0 Å². The van der Waals surface area contributed by atoms with E-state index in [-0.39, 0.29) is 11.8 Å². The highest BCUT2D eigenvalue weighted by molar-refractivity contribution is 6.01. The van der Waals surface area contributed by atoms with E-state index in [2.05, 4.69) is 25.9 Å². The highest BCUT2D eigenvalue weighted by atomic mass is 16.5. The fourth-order valence-electron chi connectivity index (χ4n) is 3.15. The summed E-state index contributed by atoms with van der Waals surface area (Å²) in [7, 11) is 0. The minimum absolute atomic E-state index is 0.206. The third-order valence-corrected chi connectivity index (χ3v) is 4.42. The Hall–Kier alpha value is -3.20. The van der Waals surface area contributed by atoms with Crippen molar-refractivity contribution < 1.29 is 14.3 Å². The van der Waals surface area contributed by atoms with Crippen molar-refractivity contribution in [3.8, 4) is 5.82 Å². The van der Waals surface area contributed by atoms with Gasteiger partial charge in [0.25, 0.3) is 5.91 Å². The van der Waals surface area contributed by atoms with Gasteiger partial charge in [-0.2, -0.15) is 0 Å². The van der Waals surface area contributed by atoms with Crippen molar-refractivity contribution in [3.63, 3.8) is 0 Å². The van der Waals surface area contributed by atoms with Gasteiger partial charge in [0, 0.05) is 25.1 Å². The molecular weight excluding hydrogens is 336 g/mol. The molecule has 134 valence electrons. The number of amides is 2. The van der Waals surface area contributed by atoms with Gasteiger partial charge in [0.05, 0.1) is 12.2 Å². The number of rotatable bonds is 4. The molecule has 2 aromatic heterocycles. The monoisotopic (exact) mass is 354 g/mol. The van der Waals surface area contributed by atoms with Crippen LogP contribution >= 0.6 is 0 Å². The van der Waals surface area contributed by atoms with Crippen LogP contribution in [0.1, 0.15) is 12.5 Å². The third-order valence-electron chi connectivity index (χ3n) is 4.42. The smallest absolute Gasteiger partial charge is 0.251 e. The van der Waals surface area contributed by atoms with Gasteiger partial charge in [0.2, 0.25) is 5.91 Å². The van der Waals surface area contributed by atoms with Crippen molar-refractivity contribution >= 4 is 11.8 Å². The minimum Gasteiger partial charge on any atom is -0.478 e. The molecule has 26 heavy (non-hydrogen) atoms. The molecule has 0 spiro atoms. The second kappa shape index (κ2) is 6.60. The van der Waals surface area contributed by atoms with Crippen LogP contribution in [0.3, 0.4) is 0 Å². The molecule has 2 aromatic rings. The molecule has 9 heteroatoms. The zero-order valence-electron chi connectivity index (χ0n) is 14.1. The molecule has 2 atom stereocenters. The fraction of sp³-hybridized carbons (Fsp3) is 0.294. The van der Waals surface area contributed by atoms with Crippen molar-refractivity contribution in [2.45, 2.75) is 19.7 Å². The SMILES string of the molecule is CC1=C(C(=O)NCc2ccnc(-n3ccnc3)c2)C2C(=O)NCNC2O1. The van der Waals surface area contributed by atoms with E-state index < -0.39 is 12.1 Å². The molecular formula is C17H18N6O3. The summed E-state index contributed by atoms with van der Waals surface area (Å²) in [6.07, 6.45) is 6.31. The average molecular weight is 354 g/mol. The van der Waals surface area contributed by atoms with Gasteiger partial charge in [0.15, 0.2) is 6.23 Å². The number of hydrogen-bond donors (Lipinski definition) is 3. The van der Waals surface area contributed by atoms with Crippen molar-refractivity contribution in [1.82, 2.24) is 30.5 Å². The molecule has 2 aliphatic rings. The number of aromatic nitrogens is 3. The van der Waals surface area contributed by atoms with E-state index in [1.54, 1.807) is 36.4 Å². The van der Waals surface area contributed by atoms with E-state index >= 15 is 0 Å². The van der Waals surface area contributed by atoms with E-state index in [9.17, 15) is 9.59 Å². The standard InChI is InChI=1S/C17H18N6O3/c1-10-13(14-16(25)21-8-22-17(14)26-10)15(24)20-7-11-2-3-19-12(6-11)23-5-4-18-9-23/h2-6,9,14,17,22H,7-8H2,1H3,(H,20,24)(H,21,25). The molecule has 9 nitrogen and oxygen atoms in total. The summed E-state index contributed by atoms with van der Waals surface area (Å²) < 4.78 is 7.40. The van der Waals surface area contributed by atoms with Gasteiger partial charge in [0.1, 0.15) is 23.8 Å². The van der Waals surface area contributed by atoms with Crippen LogP contribution in [-0.2, 0) is 20.9 Å². The Morgan fingerprint density at radius 2 is 2.35 bits per heavy atom. The first kappa shape index (κ1) is 16.3. The molecule has 1 fully saturated rings. The molecule has 2 aliphatic heterocycles. The summed E-state index contributed by atoms with van der Waals surface area (Å²) in [6.45, 7) is 2.34. The largest absolute Gasteiger partial charge is 0.478 e. The van der Waals surface area contributed by atoms with Crippen LogP contribution in [0.25, 0.3) is 5.82 Å². The lowest BCUT2D eigenvalue weighted by atomic mass is 9.95.